The lowest BCUT2D eigenvalue weighted by molar-refractivity contribution is -0.0255. The molecule has 1 saturated heterocycles. The molecule has 0 spiro atoms. The third-order valence-corrected chi connectivity index (χ3v) is 5.19. The standard InChI is InChI=1S/C18H23NO2S/c20-18(15-5-2-1-3-6-15)13-16-14-21-11-10-19(16)9-8-17-7-4-12-22-17/h1-7,12,16,18,20H,8-11,13-14H2. The van der Waals surface area contributed by atoms with Gasteiger partial charge in [-0.1, -0.05) is 36.4 Å². The van der Waals surface area contributed by atoms with E-state index in [2.05, 4.69) is 22.4 Å². The third kappa shape index (κ3) is 4.17. The maximum Gasteiger partial charge on any atom is 0.0805 e. The Hall–Kier alpha value is -1.20. The fourth-order valence-electron chi connectivity index (χ4n) is 2.98. The molecule has 0 bridgehead atoms. The van der Waals surface area contributed by atoms with Gasteiger partial charge in [-0.2, -0.15) is 0 Å². The van der Waals surface area contributed by atoms with Gasteiger partial charge >= 0.3 is 0 Å². The van der Waals surface area contributed by atoms with Crippen molar-refractivity contribution in [3.63, 3.8) is 0 Å². The van der Waals surface area contributed by atoms with Crippen LogP contribution < -0.4 is 0 Å². The van der Waals surface area contributed by atoms with Gasteiger partial charge in [0.25, 0.3) is 0 Å². The minimum absolute atomic E-state index is 0.295. The summed E-state index contributed by atoms with van der Waals surface area (Å²) in [5.74, 6) is 0. The quantitative estimate of drug-likeness (QED) is 0.888. The largest absolute Gasteiger partial charge is 0.388 e. The van der Waals surface area contributed by atoms with Crippen molar-refractivity contribution in [3.8, 4) is 0 Å². The summed E-state index contributed by atoms with van der Waals surface area (Å²) in [7, 11) is 0. The van der Waals surface area contributed by atoms with Gasteiger partial charge in [-0.05, 0) is 29.9 Å². The van der Waals surface area contributed by atoms with Crippen LogP contribution in [-0.2, 0) is 11.2 Å². The number of morpholine rings is 1. The monoisotopic (exact) mass is 317 g/mol. The molecule has 3 nitrogen and oxygen atoms in total. The number of thiophene rings is 1. The Kier molecular flexibility index (Phi) is 5.62. The van der Waals surface area contributed by atoms with Crippen LogP contribution in [0.2, 0.25) is 0 Å². The lowest BCUT2D eigenvalue weighted by Gasteiger charge is -2.36. The lowest BCUT2D eigenvalue weighted by atomic mass is 10.0. The van der Waals surface area contributed by atoms with Gasteiger partial charge in [0.15, 0.2) is 0 Å². The molecule has 2 atom stereocenters. The van der Waals surface area contributed by atoms with E-state index in [-0.39, 0.29) is 0 Å². The molecule has 0 aliphatic carbocycles. The number of aliphatic hydroxyl groups excluding tert-OH is 1. The van der Waals surface area contributed by atoms with Crippen molar-refractivity contribution in [1.82, 2.24) is 4.90 Å². The van der Waals surface area contributed by atoms with E-state index < -0.39 is 6.10 Å². The molecule has 1 aliphatic heterocycles. The predicted molar refractivity (Wildman–Crippen MR) is 90.2 cm³/mol. The molecular formula is C18H23NO2S. The first-order chi connectivity index (χ1) is 10.8. The van der Waals surface area contributed by atoms with Crippen LogP contribution in [0.5, 0.6) is 0 Å². The number of benzene rings is 1. The van der Waals surface area contributed by atoms with E-state index in [0.717, 1.165) is 38.1 Å². The summed E-state index contributed by atoms with van der Waals surface area (Å²) in [6, 6.07) is 14.5. The van der Waals surface area contributed by atoms with Gasteiger partial charge in [-0.3, -0.25) is 4.90 Å². The molecule has 118 valence electrons. The van der Waals surface area contributed by atoms with Gasteiger partial charge in [0.05, 0.1) is 19.3 Å². The number of hydrogen-bond acceptors (Lipinski definition) is 4. The van der Waals surface area contributed by atoms with Crippen molar-refractivity contribution in [2.45, 2.75) is 25.0 Å². The number of ether oxygens (including phenoxy) is 1. The first-order valence-electron chi connectivity index (χ1n) is 7.90. The Balaban J connectivity index is 1.57. The zero-order valence-electron chi connectivity index (χ0n) is 12.7. The lowest BCUT2D eigenvalue weighted by Crippen LogP contribution is -2.46. The second-order valence-electron chi connectivity index (χ2n) is 5.76. The van der Waals surface area contributed by atoms with E-state index in [4.69, 9.17) is 4.74 Å². The zero-order valence-corrected chi connectivity index (χ0v) is 13.5. The molecule has 0 saturated carbocycles. The Morgan fingerprint density at radius 3 is 2.86 bits per heavy atom. The molecule has 2 unspecified atom stereocenters. The summed E-state index contributed by atoms with van der Waals surface area (Å²) in [6.45, 7) is 3.50. The predicted octanol–water partition coefficient (Wildman–Crippen LogP) is 3.12. The second-order valence-corrected chi connectivity index (χ2v) is 6.79. The van der Waals surface area contributed by atoms with Crippen molar-refractivity contribution in [3.05, 3.63) is 58.3 Å². The molecule has 0 amide bonds. The van der Waals surface area contributed by atoms with Crippen molar-refractivity contribution in [1.29, 1.82) is 0 Å². The summed E-state index contributed by atoms with van der Waals surface area (Å²) in [6.07, 6.45) is 1.39. The number of hydrogen-bond donors (Lipinski definition) is 1. The second kappa shape index (κ2) is 7.88. The third-order valence-electron chi connectivity index (χ3n) is 4.25. The van der Waals surface area contributed by atoms with E-state index >= 15 is 0 Å². The normalized spacial score (nSPS) is 20.9. The van der Waals surface area contributed by atoms with Crippen LogP contribution in [0.1, 0.15) is 23.0 Å². The van der Waals surface area contributed by atoms with Crippen molar-refractivity contribution >= 4 is 11.3 Å². The Morgan fingerprint density at radius 1 is 1.23 bits per heavy atom. The highest BCUT2D eigenvalue weighted by atomic mass is 32.1. The minimum atomic E-state index is -0.419. The SMILES string of the molecule is OC(CC1COCCN1CCc1cccs1)c1ccccc1. The molecule has 1 aliphatic rings. The van der Waals surface area contributed by atoms with Gasteiger partial charge < -0.3 is 9.84 Å². The fourth-order valence-corrected chi connectivity index (χ4v) is 3.68. The van der Waals surface area contributed by atoms with Gasteiger partial charge in [0, 0.05) is 24.0 Å². The molecule has 0 radical (unpaired) electrons. The summed E-state index contributed by atoms with van der Waals surface area (Å²) in [5, 5.41) is 12.6. The molecule has 1 N–H and O–H groups in total. The molecule has 1 fully saturated rings. The fraction of sp³-hybridized carbons (Fsp3) is 0.444. The highest BCUT2D eigenvalue weighted by molar-refractivity contribution is 7.09. The smallest absolute Gasteiger partial charge is 0.0805 e. The number of rotatable bonds is 6. The molecule has 1 aromatic heterocycles. The number of nitrogens with zero attached hydrogens (tertiary/aromatic N) is 1. The maximum atomic E-state index is 10.5. The van der Waals surface area contributed by atoms with Crippen LogP contribution in [-0.4, -0.2) is 42.4 Å². The Labute approximate surface area is 136 Å². The number of aliphatic hydroxyl groups is 1. The van der Waals surface area contributed by atoms with Gasteiger partial charge in [-0.25, -0.2) is 0 Å². The molecule has 22 heavy (non-hydrogen) atoms. The van der Waals surface area contributed by atoms with E-state index in [9.17, 15) is 5.11 Å². The van der Waals surface area contributed by atoms with E-state index in [1.807, 2.05) is 41.7 Å². The van der Waals surface area contributed by atoms with Crippen LogP contribution in [0.3, 0.4) is 0 Å². The molecule has 4 heteroatoms. The van der Waals surface area contributed by atoms with Gasteiger partial charge in [0.2, 0.25) is 0 Å². The van der Waals surface area contributed by atoms with Gasteiger partial charge in [-0.15, -0.1) is 11.3 Å². The first kappa shape index (κ1) is 15.7. The van der Waals surface area contributed by atoms with E-state index in [0.29, 0.717) is 12.6 Å². The van der Waals surface area contributed by atoms with Crippen molar-refractivity contribution in [2.24, 2.45) is 0 Å². The maximum absolute atomic E-state index is 10.5. The highest BCUT2D eigenvalue weighted by Crippen LogP contribution is 2.23. The average molecular weight is 317 g/mol. The van der Waals surface area contributed by atoms with Crippen LogP contribution in [0.4, 0.5) is 0 Å². The Morgan fingerprint density at radius 2 is 2.09 bits per heavy atom. The highest BCUT2D eigenvalue weighted by Gasteiger charge is 2.25. The molecule has 2 heterocycles. The van der Waals surface area contributed by atoms with Crippen LogP contribution in [0.25, 0.3) is 0 Å². The summed E-state index contributed by atoms with van der Waals surface area (Å²) < 4.78 is 5.64. The van der Waals surface area contributed by atoms with E-state index in [1.165, 1.54) is 4.88 Å². The van der Waals surface area contributed by atoms with Gasteiger partial charge in [0.1, 0.15) is 0 Å². The molecule has 3 rings (SSSR count). The summed E-state index contributed by atoms with van der Waals surface area (Å²) >= 11 is 1.82. The van der Waals surface area contributed by atoms with Crippen molar-refractivity contribution in [2.75, 3.05) is 26.3 Å². The summed E-state index contributed by atoms with van der Waals surface area (Å²) in [4.78, 5) is 3.89. The van der Waals surface area contributed by atoms with Crippen LogP contribution >= 0.6 is 11.3 Å². The zero-order chi connectivity index (χ0) is 15.2. The molecular weight excluding hydrogens is 294 g/mol. The molecule has 1 aromatic carbocycles. The minimum Gasteiger partial charge on any atom is -0.388 e. The van der Waals surface area contributed by atoms with Crippen LogP contribution in [0.15, 0.2) is 47.8 Å². The summed E-state index contributed by atoms with van der Waals surface area (Å²) in [5.41, 5.74) is 0.992. The van der Waals surface area contributed by atoms with Crippen molar-refractivity contribution < 1.29 is 9.84 Å². The Bertz CT molecular complexity index is 543. The average Bonchev–Trinajstić information content (AvgIpc) is 3.08. The topological polar surface area (TPSA) is 32.7 Å². The molecule has 2 aromatic rings. The first-order valence-corrected chi connectivity index (χ1v) is 8.78. The van der Waals surface area contributed by atoms with Crippen LogP contribution in [0, 0.1) is 0 Å². The van der Waals surface area contributed by atoms with E-state index in [1.54, 1.807) is 0 Å².